The van der Waals surface area contributed by atoms with E-state index < -0.39 is 0 Å². The number of rotatable bonds is 5. The van der Waals surface area contributed by atoms with Crippen LogP contribution in [-0.2, 0) is 22.6 Å². The minimum Gasteiger partial charge on any atom is -0.493 e. The summed E-state index contributed by atoms with van der Waals surface area (Å²) in [4.78, 5) is 26.4. The summed E-state index contributed by atoms with van der Waals surface area (Å²) >= 11 is 5.83. The Morgan fingerprint density at radius 1 is 1.07 bits per heavy atom. The van der Waals surface area contributed by atoms with Crippen molar-refractivity contribution in [1.29, 1.82) is 0 Å². The van der Waals surface area contributed by atoms with Gasteiger partial charge in [0.25, 0.3) is 0 Å². The van der Waals surface area contributed by atoms with Crippen LogP contribution in [0.25, 0.3) is 0 Å². The Bertz CT molecular complexity index is 852. The van der Waals surface area contributed by atoms with Gasteiger partial charge in [-0.3, -0.25) is 9.59 Å². The van der Waals surface area contributed by atoms with Crippen LogP contribution in [0.15, 0.2) is 36.4 Å². The average molecular weight is 389 g/mol. The number of carbonyl (C=O) groups excluding carboxylic acids is 2. The number of nitrogens with one attached hydrogen (secondary N) is 1. The molecule has 27 heavy (non-hydrogen) atoms. The van der Waals surface area contributed by atoms with Crippen LogP contribution < -0.4 is 14.8 Å². The van der Waals surface area contributed by atoms with Gasteiger partial charge in [-0.05, 0) is 53.9 Å². The molecule has 1 aliphatic heterocycles. The van der Waals surface area contributed by atoms with Gasteiger partial charge in [0.15, 0.2) is 11.5 Å². The molecule has 0 aliphatic carbocycles. The number of hydrogen-bond acceptors (Lipinski definition) is 4. The third kappa shape index (κ3) is 4.52. The highest BCUT2D eigenvalue weighted by molar-refractivity contribution is 6.30. The number of anilines is 1. The normalized spacial score (nSPS) is 12.9. The monoisotopic (exact) mass is 388 g/mol. The van der Waals surface area contributed by atoms with Crippen LogP contribution in [0.2, 0.25) is 5.02 Å². The molecule has 0 radical (unpaired) electrons. The minimum absolute atomic E-state index is 0.203. The molecule has 0 fully saturated rings. The summed E-state index contributed by atoms with van der Waals surface area (Å²) in [6, 6.07) is 10.6. The first-order valence-corrected chi connectivity index (χ1v) is 8.95. The minimum atomic E-state index is -0.347. The maximum Gasteiger partial charge on any atom is 0.233 e. The molecule has 1 heterocycles. The third-order valence-corrected chi connectivity index (χ3v) is 4.76. The molecular weight excluding hydrogens is 368 g/mol. The Kier molecular flexibility index (Phi) is 5.86. The second kappa shape index (κ2) is 8.31. The molecular formula is C20H21ClN2O4. The number of benzene rings is 2. The zero-order chi connectivity index (χ0) is 19.4. The van der Waals surface area contributed by atoms with Crippen molar-refractivity contribution >= 4 is 29.1 Å². The van der Waals surface area contributed by atoms with Crippen molar-refractivity contribution in [1.82, 2.24) is 4.90 Å². The molecule has 0 bridgehead atoms. The van der Waals surface area contributed by atoms with Crippen molar-refractivity contribution in [2.45, 2.75) is 19.4 Å². The highest BCUT2D eigenvalue weighted by atomic mass is 35.5. The third-order valence-electron chi connectivity index (χ3n) is 4.51. The van der Waals surface area contributed by atoms with E-state index in [-0.39, 0.29) is 18.2 Å². The molecule has 7 heteroatoms. The SMILES string of the molecule is COc1cc2c(cc1OC)CN(C(=O)CC(=O)Nc1ccc(Cl)cc1)CC2. The Morgan fingerprint density at radius 3 is 2.33 bits per heavy atom. The molecule has 0 saturated heterocycles. The second-order valence-electron chi connectivity index (χ2n) is 6.27. The fourth-order valence-corrected chi connectivity index (χ4v) is 3.21. The number of methoxy groups -OCH3 is 2. The standard InChI is InChI=1S/C20H21ClN2O4/c1-26-17-9-13-7-8-23(12-14(13)10-18(17)27-2)20(25)11-19(24)22-16-5-3-15(21)4-6-16/h3-6,9-10H,7-8,11-12H2,1-2H3,(H,22,24). The molecule has 2 amide bonds. The van der Waals surface area contributed by atoms with Crippen molar-refractivity contribution in [3.05, 3.63) is 52.5 Å². The molecule has 0 atom stereocenters. The lowest BCUT2D eigenvalue weighted by molar-refractivity contribution is -0.135. The second-order valence-corrected chi connectivity index (χ2v) is 6.71. The molecule has 3 rings (SSSR count). The van der Waals surface area contributed by atoms with Crippen LogP contribution in [0.5, 0.6) is 11.5 Å². The largest absolute Gasteiger partial charge is 0.493 e. The molecule has 0 aromatic heterocycles. The van der Waals surface area contributed by atoms with E-state index in [2.05, 4.69) is 5.32 Å². The molecule has 142 valence electrons. The van der Waals surface area contributed by atoms with Crippen molar-refractivity contribution in [3.63, 3.8) is 0 Å². The predicted molar refractivity (Wildman–Crippen MR) is 103 cm³/mol. The van der Waals surface area contributed by atoms with Gasteiger partial charge in [-0.25, -0.2) is 0 Å². The first-order valence-electron chi connectivity index (χ1n) is 8.57. The number of ether oxygens (including phenoxy) is 2. The van der Waals surface area contributed by atoms with Gasteiger partial charge in [-0.2, -0.15) is 0 Å². The van der Waals surface area contributed by atoms with Crippen LogP contribution in [0, 0.1) is 0 Å². The van der Waals surface area contributed by atoms with Gasteiger partial charge in [0.05, 0.1) is 14.2 Å². The molecule has 0 unspecified atom stereocenters. The van der Waals surface area contributed by atoms with Crippen LogP contribution in [0.4, 0.5) is 5.69 Å². The van der Waals surface area contributed by atoms with Gasteiger partial charge < -0.3 is 19.7 Å². The molecule has 0 spiro atoms. The van der Waals surface area contributed by atoms with E-state index in [1.54, 1.807) is 43.4 Å². The van der Waals surface area contributed by atoms with E-state index >= 15 is 0 Å². The number of fused-ring (bicyclic) bond motifs is 1. The van der Waals surface area contributed by atoms with Gasteiger partial charge in [0, 0.05) is 23.8 Å². The van der Waals surface area contributed by atoms with E-state index in [1.165, 1.54) is 0 Å². The molecule has 1 N–H and O–H groups in total. The Labute approximate surface area is 163 Å². The van der Waals surface area contributed by atoms with E-state index in [4.69, 9.17) is 21.1 Å². The molecule has 0 saturated carbocycles. The zero-order valence-electron chi connectivity index (χ0n) is 15.3. The summed E-state index contributed by atoms with van der Waals surface area (Å²) in [7, 11) is 3.18. The van der Waals surface area contributed by atoms with Gasteiger partial charge in [0.1, 0.15) is 6.42 Å². The lowest BCUT2D eigenvalue weighted by Crippen LogP contribution is -2.37. The van der Waals surface area contributed by atoms with Crippen molar-refractivity contribution in [2.75, 3.05) is 26.1 Å². The summed E-state index contributed by atoms with van der Waals surface area (Å²) in [6.45, 7) is 1.01. The van der Waals surface area contributed by atoms with Gasteiger partial charge in [-0.1, -0.05) is 11.6 Å². The number of carbonyl (C=O) groups is 2. The first-order chi connectivity index (χ1) is 13.0. The molecule has 1 aliphatic rings. The van der Waals surface area contributed by atoms with Crippen molar-refractivity contribution < 1.29 is 19.1 Å². The number of nitrogens with zero attached hydrogens (tertiary/aromatic N) is 1. The Morgan fingerprint density at radius 2 is 1.70 bits per heavy atom. The molecule has 2 aromatic carbocycles. The van der Waals surface area contributed by atoms with Crippen molar-refractivity contribution in [3.8, 4) is 11.5 Å². The molecule has 6 nitrogen and oxygen atoms in total. The lowest BCUT2D eigenvalue weighted by atomic mass is 9.98. The lowest BCUT2D eigenvalue weighted by Gasteiger charge is -2.29. The molecule has 2 aromatic rings. The highest BCUT2D eigenvalue weighted by Crippen LogP contribution is 2.33. The topological polar surface area (TPSA) is 67.9 Å². The van der Waals surface area contributed by atoms with Crippen LogP contribution in [0.3, 0.4) is 0 Å². The fourth-order valence-electron chi connectivity index (χ4n) is 3.08. The number of hydrogen-bond donors (Lipinski definition) is 1. The van der Waals surface area contributed by atoms with E-state index in [9.17, 15) is 9.59 Å². The maximum atomic E-state index is 12.5. The maximum absolute atomic E-state index is 12.5. The number of halogens is 1. The van der Waals surface area contributed by atoms with E-state index in [1.807, 2.05) is 12.1 Å². The smallest absolute Gasteiger partial charge is 0.233 e. The summed E-state index contributed by atoms with van der Waals surface area (Å²) in [5, 5.41) is 3.30. The van der Waals surface area contributed by atoms with E-state index in [0.717, 1.165) is 11.1 Å². The fraction of sp³-hybridized carbons (Fsp3) is 0.300. The Hall–Kier alpha value is -2.73. The van der Waals surface area contributed by atoms with E-state index in [0.29, 0.717) is 41.7 Å². The van der Waals surface area contributed by atoms with Crippen LogP contribution >= 0.6 is 11.6 Å². The highest BCUT2D eigenvalue weighted by Gasteiger charge is 2.24. The van der Waals surface area contributed by atoms with Gasteiger partial charge in [0.2, 0.25) is 11.8 Å². The van der Waals surface area contributed by atoms with Crippen LogP contribution in [-0.4, -0.2) is 37.5 Å². The summed E-state index contributed by atoms with van der Waals surface area (Å²) in [5.41, 5.74) is 2.74. The summed E-state index contributed by atoms with van der Waals surface area (Å²) in [6.07, 6.45) is 0.505. The van der Waals surface area contributed by atoms with Gasteiger partial charge >= 0.3 is 0 Å². The first kappa shape index (κ1) is 19.0. The number of amides is 2. The zero-order valence-corrected chi connectivity index (χ0v) is 16.0. The summed E-state index contributed by atoms with van der Waals surface area (Å²) in [5.74, 6) is 0.756. The average Bonchev–Trinajstić information content (AvgIpc) is 2.68. The predicted octanol–water partition coefficient (Wildman–Crippen LogP) is 3.27. The quantitative estimate of drug-likeness (QED) is 0.798. The van der Waals surface area contributed by atoms with Crippen LogP contribution in [0.1, 0.15) is 17.5 Å². The van der Waals surface area contributed by atoms with Crippen molar-refractivity contribution in [2.24, 2.45) is 0 Å². The van der Waals surface area contributed by atoms with Gasteiger partial charge in [-0.15, -0.1) is 0 Å². The Balaban J connectivity index is 1.63. The summed E-state index contributed by atoms with van der Waals surface area (Å²) < 4.78 is 10.7.